The summed E-state index contributed by atoms with van der Waals surface area (Å²) in [6.45, 7) is 9.75. The van der Waals surface area contributed by atoms with Gasteiger partial charge in [-0.25, -0.2) is 0 Å². The predicted molar refractivity (Wildman–Crippen MR) is 449 cm³/mol. The molecule has 0 aromatic heterocycles. The molecule has 0 nitrogen and oxygen atoms in total. The second-order valence-electron chi connectivity index (χ2n) is 28.2. The van der Waals surface area contributed by atoms with Crippen molar-refractivity contribution in [1.82, 2.24) is 0 Å². The summed E-state index contributed by atoms with van der Waals surface area (Å²) < 4.78 is -0.491. The van der Waals surface area contributed by atoms with Crippen LogP contribution < -0.4 is 83.0 Å². The van der Waals surface area contributed by atoms with Crippen LogP contribution >= 0.6 is 17.0 Å². The molecule has 102 heavy (non-hydrogen) atoms. The Morgan fingerprint density at radius 1 is 0.235 bits per heavy atom. The van der Waals surface area contributed by atoms with Gasteiger partial charge in [0.05, 0.1) is 0 Å². The zero-order chi connectivity index (χ0) is 69.6. The van der Waals surface area contributed by atoms with Crippen molar-refractivity contribution in [1.29, 1.82) is 0 Å². The minimum absolute atomic E-state index is 0.245. The topological polar surface area (TPSA) is 0 Å². The molecule has 0 radical (unpaired) electrons. The van der Waals surface area contributed by atoms with Crippen LogP contribution in [0.15, 0.2) is 399 Å². The summed E-state index contributed by atoms with van der Waals surface area (Å²) in [5.74, 6) is 0. The van der Waals surface area contributed by atoms with Crippen molar-refractivity contribution < 1.29 is 15.0 Å². The van der Waals surface area contributed by atoms with Crippen molar-refractivity contribution >= 4 is 150 Å². The molecule has 0 aliphatic heterocycles. The summed E-state index contributed by atoms with van der Waals surface area (Å²) >= 11 is -5.81. The first-order chi connectivity index (χ1) is 50.0. The number of halogens is 2. The zero-order valence-corrected chi connectivity index (χ0v) is 67.0. The Labute approximate surface area is 614 Å². The van der Waals surface area contributed by atoms with Crippen LogP contribution in [0.3, 0.4) is 0 Å². The summed E-state index contributed by atoms with van der Waals surface area (Å²) in [4.78, 5) is 0. The molecule has 0 spiro atoms. The van der Waals surface area contributed by atoms with Crippen LogP contribution in [0, 0.1) is 0 Å². The molecule has 0 fully saturated rings. The maximum atomic E-state index is 9.84. The van der Waals surface area contributed by atoms with Gasteiger partial charge in [0.15, 0.2) is 0 Å². The second-order valence-corrected chi connectivity index (χ2v) is 82.1. The second kappa shape index (κ2) is 27.7. The van der Waals surface area contributed by atoms with Gasteiger partial charge in [0.1, 0.15) is 0 Å². The van der Waals surface area contributed by atoms with Gasteiger partial charge in [-0.2, -0.15) is 0 Å². The van der Waals surface area contributed by atoms with Crippen LogP contribution in [0.5, 0.6) is 0 Å². The number of rotatable bonds is 18. The normalized spacial score (nSPS) is 14.7. The molecular formula is C94H80Cl2Si5Zr. The van der Waals surface area contributed by atoms with Gasteiger partial charge >= 0.3 is 621 Å². The number of hydrogen-bond donors (Lipinski definition) is 0. The van der Waals surface area contributed by atoms with Crippen LogP contribution in [-0.4, -0.2) is 37.7 Å². The summed E-state index contributed by atoms with van der Waals surface area (Å²) in [6, 6.07) is 150. The average Bonchev–Trinajstić information content (AvgIpc) is 1.36. The fraction of sp³-hybridized carbons (Fsp3) is 0.0638. The standard InChI is InChI=1S/2C46H37Si2.C2H6Si.2ClH.Zr/c2*1-36-32-37-34-45(47(39-20-8-2-9-21-39,40-22-10-3-11-23-40)41-24-12-4-13-25-41)46(35-38(37)33-36)48(42-26-14-5-15-27-42,43-28-16-6-17-29-43)44-30-18-7-19-31-44;1-3-2;;;/h2*2-35H,1H3;1-2H3;2*1H;/q;;;;;+2/p-2. The Bertz CT molecular complexity index is 4750. The Kier molecular flexibility index (Phi) is 18.4. The molecule has 494 valence electrons. The molecule has 0 amide bonds. The molecule has 0 heterocycles. The summed E-state index contributed by atoms with van der Waals surface area (Å²) in [5, 5.41) is 21.5. The van der Waals surface area contributed by atoms with Crippen molar-refractivity contribution in [3.05, 3.63) is 422 Å². The quantitative estimate of drug-likeness (QED) is 0.0593. The van der Waals surface area contributed by atoms with Gasteiger partial charge in [0.2, 0.25) is 0 Å². The molecule has 2 unspecified atom stereocenters. The first-order valence-corrected chi connectivity index (χ1v) is 59.1. The molecule has 0 N–H and O–H groups in total. The predicted octanol–water partition coefficient (Wildman–Crippen LogP) is 13.1. The summed E-state index contributed by atoms with van der Waals surface area (Å²) in [5.41, 5.74) is 5.89. The van der Waals surface area contributed by atoms with Crippen molar-refractivity contribution in [3.8, 4) is 0 Å². The third-order valence-electron chi connectivity index (χ3n) is 22.9. The Hall–Kier alpha value is -8.89. The van der Waals surface area contributed by atoms with E-state index in [4.69, 9.17) is 0 Å². The van der Waals surface area contributed by atoms with Crippen molar-refractivity contribution in [2.45, 2.75) is 34.2 Å². The van der Waals surface area contributed by atoms with Gasteiger partial charge in [-0.15, -0.1) is 0 Å². The molecule has 0 saturated heterocycles. The van der Waals surface area contributed by atoms with E-state index < -0.39 is 52.7 Å². The molecule has 14 aromatic rings. The van der Waals surface area contributed by atoms with Crippen LogP contribution in [0.25, 0.3) is 12.2 Å². The maximum absolute atomic E-state index is 9.84. The third kappa shape index (κ3) is 10.7. The van der Waals surface area contributed by atoms with Gasteiger partial charge in [-0.1, -0.05) is 0 Å². The van der Waals surface area contributed by atoms with E-state index in [9.17, 15) is 17.0 Å². The first kappa shape index (κ1) is 67.6. The molecular weight excluding hydrogens is 1430 g/mol. The van der Waals surface area contributed by atoms with E-state index >= 15 is 0 Å². The minimum atomic E-state index is -5.81. The van der Waals surface area contributed by atoms with Crippen molar-refractivity contribution in [2.24, 2.45) is 0 Å². The number of benzene rings is 14. The van der Waals surface area contributed by atoms with Crippen LogP contribution in [0.4, 0.5) is 0 Å². The molecule has 14 aromatic carbocycles. The van der Waals surface area contributed by atoms with Gasteiger partial charge < -0.3 is 0 Å². The Morgan fingerprint density at radius 3 is 0.529 bits per heavy atom. The molecule has 2 atom stereocenters. The third-order valence-corrected chi connectivity index (χ3v) is 89.6. The van der Waals surface area contributed by atoms with E-state index in [1.807, 2.05) is 0 Å². The first-order valence-electron chi connectivity index (χ1n) is 35.8. The fourth-order valence-electron chi connectivity index (χ4n) is 18.7. The zero-order valence-electron chi connectivity index (χ0n) is 58.0. The van der Waals surface area contributed by atoms with Crippen molar-refractivity contribution in [2.75, 3.05) is 0 Å². The summed E-state index contributed by atoms with van der Waals surface area (Å²) in [6.07, 6.45) is 5.07. The van der Waals surface area contributed by atoms with E-state index in [1.165, 1.54) is 116 Å². The Balaban J connectivity index is 1.06. The Morgan fingerprint density at radius 2 is 0.382 bits per heavy atom. The average molecular weight is 1510 g/mol. The van der Waals surface area contributed by atoms with E-state index in [1.54, 1.807) is 0 Å². The van der Waals surface area contributed by atoms with E-state index in [0.29, 0.717) is 0 Å². The molecule has 0 bridgehead atoms. The number of hydrogen-bond acceptors (Lipinski definition) is 0. The molecule has 16 rings (SSSR count). The van der Waals surface area contributed by atoms with Crippen molar-refractivity contribution in [3.63, 3.8) is 0 Å². The van der Waals surface area contributed by atoms with Crippen LogP contribution in [0.1, 0.15) is 43.4 Å². The van der Waals surface area contributed by atoms with E-state index in [2.05, 4.69) is 427 Å². The fourth-order valence-corrected chi connectivity index (χ4v) is 70.8. The van der Waals surface area contributed by atoms with Crippen LogP contribution in [-0.2, 0) is 15.0 Å². The van der Waals surface area contributed by atoms with Crippen LogP contribution in [0.2, 0.25) is 13.1 Å². The van der Waals surface area contributed by atoms with Gasteiger partial charge in [-0.05, 0) is 0 Å². The molecule has 2 aliphatic carbocycles. The summed E-state index contributed by atoms with van der Waals surface area (Å²) in [7, 11) is 6.09. The monoisotopic (exact) mass is 1510 g/mol. The van der Waals surface area contributed by atoms with E-state index in [-0.39, 0.29) is 7.25 Å². The number of allylic oxidation sites excluding steroid dienone is 2. The molecule has 2 aliphatic rings. The van der Waals surface area contributed by atoms with E-state index in [0.717, 1.165) is 0 Å². The molecule has 8 heteroatoms. The SMILES string of the molecule is CC1=Cc2cc([Si](c3ccccc3)(c3ccccc3)c3ccccc3)c([Si](c3ccccc3)(c3ccccc3)c3ccccc3)cc2[CH]1[Zr]([Cl])([Cl])([CH]1C(C)=Cc2cc([Si](c3ccccc3)(c3ccccc3)c3ccccc3)c([Si](c3ccccc3)(c3ccccc3)c3ccccc3)cc21)=[Si](C)C. The molecule has 0 saturated carbocycles. The van der Waals surface area contributed by atoms with Gasteiger partial charge in [0.25, 0.3) is 0 Å². The number of fused-ring (bicyclic) bond motifs is 2. The van der Waals surface area contributed by atoms with Gasteiger partial charge in [-0.3, -0.25) is 0 Å². The van der Waals surface area contributed by atoms with Gasteiger partial charge in [0, 0.05) is 0 Å².